The number of hydrogen-bond acceptors (Lipinski definition) is 3. The molecule has 0 radical (unpaired) electrons. The van der Waals surface area contributed by atoms with Crippen molar-refractivity contribution in [2.24, 2.45) is 7.05 Å². The van der Waals surface area contributed by atoms with Crippen LogP contribution in [0.4, 0.5) is 0 Å². The first kappa shape index (κ1) is 16.9. The number of rotatable bonds is 5. The number of para-hydroxylation sites is 1. The first-order valence-corrected chi connectivity index (χ1v) is 8.09. The molecule has 0 bridgehead atoms. The minimum Gasteiger partial charge on any atom is -0.493 e. The van der Waals surface area contributed by atoms with E-state index >= 15 is 0 Å². The molecule has 0 atom stereocenters. The Labute approximate surface area is 147 Å². The molecule has 0 saturated heterocycles. The molecule has 25 heavy (non-hydrogen) atoms. The fraction of sp³-hybridized carbons (Fsp3) is 0.250. The molecule has 0 aliphatic rings. The van der Waals surface area contributed by atoms with Crippen LogP contribution in [0.3, 0.4) is 0 Å². The Morgan fingerprint density at radius 1 is 1.12 bits per heavy atom. The Bertz CT molecular complexity index is 928. The van der Waals surface area contributed by atoms with E-state index in [4.69, 9.17) is 9.47 Å². The van der Waals surface area contributed by atoms with E-state index in [2.05, 4.69) is 35.0 Å². The Morgan fingerprint density at radius 3 is 2.64 bits per heavy atom. The van der Waals surface area contributed by atoms with Gasteiger partial charge in [-0.15, -0.1) is 0 Å². The number of amides is 1. The molecule has 3 rings (SSSR count). The zero-order valence-electron chi connectivity index (χ0n) is 14.9. The molecule has 3 aromatic rings. The molecule has 2 aromatic carbocycles. The van der Waals surface area contributed by atoms with Crippen LogP contribution in [0.25, 0.3) is 10.9 Å². The van der Waals surface area contributed by atoms with Gasteiger partial charge < -0.3 is 19.4 Å². The largest absolute Gasteiger partial charge is 0.493 e. The molecular formula is C20H22N2O3. The molecule has 1 heterocycles. The Balaban J connectivity index is 1.79. The van der Waals surface area contributed by atoms with E-state index in [-0.39, 0.29) is 5.91 Å². The van der Waals surface area contributed by atoms with Gasteiger partial charge in [-0.2, -0.15) is 0 Å². The highest BCUT2D eigenvalue weighted by Crippen LogP contribution is 2.30. The summed E-state index contributed by atoms with van der Waals surface area (Å²) in [7, 11) is 5.13. The van der Waals surface area contributed by atoms with Gasteiger partial charge in [0.15, 0.2) is 11.5 Å². The van der Waals surface area contributed by atoms with E-state index in [9.17, 15) is 4.79 Å². The number of fused-ring (bicyclic) bond motifs is 1. The maximum Gasteiger partial charge on any atom is 0.255 e. The lowest BCUT2D eigenvalue weighted by molar-refractivity contribution is 0.0947. The number of ether oxygens (including phenoxy) is 2. The van der Waals surface area contributed by atoms with Crippen LogP contribution in [0.1, 0.15) is 21.6 Å². The Kier molecular flexibility index (Phi) is 4.65. The molecule has 0 unspecified atom stereocenters. The van der Waals surface area contributed by atoms with Crippen LogP contribution in [0, 0.1) is 6.92 Å². The van der Waals surface area contributed by atoms with E-state index < -0.39 is 0 Å². The Morgan fingerprint density at radius 2 is 1.92 bits per heavy atom. The highest BCUT2D eigenvalue weighted by Gasteiger charge is 2.16. The summed E-state index contributed by atoms with van der Waals surface area (Å²) in [6.45, 7) is 2.53. The number of carbonyl (C=O) groups is 1. The quantitative estimate of drug-likeness (QED) is 0.775. The van der Waals surface area contributed by atoms with Gasteiger partial charge in [0.25, 0.3) is 5.91 Å². The third-order valence-corrected chi connectivity index (χ3v) is 4.45. The summed E-state index contributed by atoms with van der Waals surface area (Å²) in [6.07, 6.45) is 0. The van der Waals surface area contributed by atoms with Crippen LogP contribution in [0.5, 0.6) is 11.5 Å². The van der Waals surface area contributed by atoms with Crippen molar-refractivity contribution in [3.8, 4) is 11.5 Å². The molecule has 5 heteroatoms. The average Bonchev–Trinajstić information content (AvgIpc) is 2.92. The minimum atomic E-state index is -0.194. The van der Waals surface area contributed by atoms with E-state index in [1.54, 1.807) is 25.3 Å². The molecule has 0 aliphatic heterocycles. The lowest BCUT2D eigenvalue weighted by Crippen LogP contribution is -2.23. The second-order valence-corrected chi connectivity index (χ2v) is 5.96. The van der Waals surface area contributed by atoms with E-state index in [0.717, 1.165) is 5.56 Å². The van der Waals surface area contributed by atoms with Crippen LogP contribution in [0.2, 0.25) is 0 Å². The predicted octanol–water partition coefficient (Wildman–Crippen LogP) is 3.43. The van der Waals surface area contributed by atoms with E-state index in [1.807, 2.05) is 13.1 Å². The van der Waals surface area contributed by atoms with E-state index in [1.165, 1.54) is 23.7 Å². The molecule has 0 aliphatic carbocycles. The first-order valence-electron chi connectivity index (χ1n) is 8.09. The summed E-state index contributed by atoms with van der Waals surface area (Å²) in [4.78, 5) is 12.5. The second-order valence-electron chi connectivity index (χ2n) is 5.96. The highest BCUT2D eigenvalue weighted by molar-refractivity contribution is 5.97. The number of aromatic nitrogens is 1. The second kappa shape index (κ2) is 6.89. The van der Waals surface area contributed by atoms with Crippen molar-refractivity contribution < 1.29 is 14.3 Å². The number of benzene rings is 2. The van der Waals surface area contributed by atoms with Gasteiger partial charge in [-0.05, 0) is 42.8 Å². The lowest BCUT2D eigenvalue weighted by Gasteiger charge is -2.12. The molecule has 1 aromatic heterocycles. The fourth-order valence-electron chi connectivity index (χ4n) is 2.99. The summed E-state index contributed by atoms with van der Waals surface area (Å²) in [5, 5.41) is 4.12. The molecule has 1 N–H and O–H groups in total. The standard InChI is InChI=1S/C20H22N2O3/c1-13-10-15-11-14(8-9-17(15)22(13)2)12-21-20(23)16-6-5-7-18(24-3)19(16)25-4/h5-11H,12H2,1-4H3,(H,21,23). The Hall–Kier alpha value is -2.95. The smallest absolute Gasteiger partial charge is 0.255 e. The topological polar surface area (TPSA) is 52.5 Å². The molecule has 0 saturated carbocycles. The molecule has 130 valence electrons. The summed E-state index contributed by atoms with van der Waals surface area (Å²) >= 11 is 0. The number of hydrogen-bond donors (Lipinski definition) is 1. The monoisotopic (exact) mass is 338 g/mol. The maximum atomic E-state index is 12.5. The van der Waals surface area contributed by atoms with Crippen molar-refractivity contribution in [3.05, 3.63) is 59.3 Å². The van der Waals surface area contributed by atoms with Crippen LogP contribution >= 0.6 is 0 Å². The summed E-state index contributed by atoms with van der Waals surface area (Å²) in [6, 6.07) is 13.6. The molecular weight excluding hydrogens is 316 g/mol. The normalized spacial score (nSPS) is 10.7. The number of nitrogens with one attached hydrogen (secondary N) is 1. The van der Waals surface area contributed by atoms with Crippen molar-refractivity contribution in [1.82, 2.24) is 9.88 Å². The molecule has 0 fully saturated rings. The molecule has 0 spiro atoms. The highest BCUT2D eigenvalue weighted by atomic mass is 16.5. The third-order valence-electron chi connectivity index (χ3n) is 4.45. The van der Waals surface area contributed by atoms with Gasteiger partial charge in [-0.3, -0.25) is 4.79 Å². The van der Waals surface area contributed by atoms with Gasteiger partial charge in [0.1, 0.15) is 0 Å². The number of aryl methyl sites for hydroxylation is 2. The predicted molar refractivity (Wildman–Crippen MR) is 98.4 cm³/mol. The summed E-state index contributed by atoms with van der Waals surface area (Å²) < 4.78 is 12.7. The van der Waals surface area contributed by atoms with Crippen molar-refractivity contribution in [2.45, 2.75) is 13.5 Å². The minimum absolute atomic E-state index is 0.194. The van der Waals surface area contributed by atoms with Crippen LogP contribution in [-0.2, 0) is 13.6 Å². The molecule has 1 amide bonds. The number of nitrogens with zero attached hydrogens (tertiary/aromatic N) is 1. The van der Waals surface area contributed by atoms with Crippen LogP contribution in [0.15, 0.2) is 42.5 Å². The van der Waals surface area contributed by atoms with E-state index in [0.29, 0.717) is 23.6 Å². The van der Waals surface area contributed by atoms with Crippen LogP contribution < -0.4 is 14.8 Å². The van der Waals surface area contributed by atoms with Gasteiger partial charge in [0, 0.05) is 30.2 Å². The molecule has 5 nitrogen and oxygen atoms in total. The zero-order chi connectivity index (χ0) is 18.0. The lowest BCUT2D eigenvalue weighted by atomic mass is 10.1. The maximum absolute atomic E-state index is 12.5. The SMILES string of the molecule is COc1cccc(C(=O)NCc2ccc3c(c2)cc(C)n3C)c1OC. The van der Waals surface area contributed by atoms with Crippen LogP contribution in [-0.4, -0.2) is 24.7 Å². The van der Waals surface area contributed by atoms with Crippen molar-refractivity contribution in [3.63, 3.8) is 0 Å². The number of carbonyl (C=O) groups excluding carboxylic acids is 1. The van der Waals surface area contributed by atoms with Gasteiger partial charge in [0.05, 0.1) is 19.8 Å². The van der Waals surface area contributed by atoms with Gasteiger partial charge in [0.2, 0.25) is 0 Å². The van der Waals surface area contributed by atoms with Gasteiger partial charge in [-0.25, -0.2) is 0 Å². The van der Waals surface area contributed by atoms with Gasteiger partial charge >= 0.3 is 0 Å². The van der Waals surface area contributed by atoms with Crippen molar-refractivity contribution in [1.29, 1.82) is 0 Å². The summed E-state index contributed by atoms with van der Waals surface area (Å²) in [5.41, 5.74) is 3.89. The first-order chi connectivity index (χ1) is 12.0. The van der Waals surface area contributed by atoms with Gasteiger partial charge in [-0.1, -0.05) is 12.1 Å². The fourth-order valence-corrected chi connectivity index (χ4v) is 2.99. The third kappa shape index (κ3) is 3.18. The number of methoxy groups -OCH3 is 2. The zero-order valence-corrected chi connectivity index (χ0v) is 14.9. The van der Waals surface area contributed by atoms with Crippen molar-refractivity contribution in [2.75, 3.05) is 14.2 Å². The summed E-state index contributed by atoms with van der Waals surface area (Å²) in [5.74, 6) is 0.785. The van der Waals surface area contributed by atoms with Crippen molar-refractivity contribution >= 4 is 16.8 Å². The average molecular weight is 338 g/mol.